The van der Waals surface area contributed by atoms with E-state index in [9.17, 15) is 18.8 Å². The second-order valence-corrected chi connectivity index (χ2v) is 7.97. The number of hydrogen-bond donors (Lipinski definition) is 1. The molecule has 2 aliphatic heterocycles. The lowest BCUT2D eigenvalue weighted by Gasteiger charge is -2.22. The Labute approximate surface area is 177 Å². The van der Waals surface area contributed by atoms with E-state index < -0.39 is 5.91 Å². The fourth-order valence-corrected chi connectivity index (χ4v) is 4.63. The number of nitrogens with zero attached hydrogens (tertiary/aromatic N) is 4. The topological polar surface area (TPSA) is 102 Å². The maximum Gasteiger partial charge on any atom is 0.232 e. The number of halogens is 1. The summed E-state index contributed by atoms with van der Waals surface area (Å²) in [7, 11) is 0. The number of rotatable bonds is 4. The van der Waals surface area contributed by atoms with Gasteiger partial charge in [-0.1, -0.05) is 18.2 Å². The van der Waals surface area contributed by atoms with Crippen LogP contribution in [0.1, 0.15) is 6.42 Å². The molecule has 31 heavy (non-hydrogen) atoms. The number of anilines is 1. The van der Waals surface area contributed by atoms with Crippen molar-refractivity contribution in [2.24, 2.45) is 17.6 Å². The van der Waals surface area contributed by atoms with E-state index in [1.165, 1.54) is 10.7 Å². The maximum atomic E-state index is 14.3. The molecule has 0 saturated carbocycles. The third-order valence-corrected chi connectivity index (χ3v) is 6.08. The van der Waals surface area contributed by atoms with Crippen molar-refractivity contribution in [2.45, 2.75) is 6.42 Å². The van der Waals surface area contributed by atoms with Crippen molar-refractivity contribution in [1.29, 1.82) is 0 Å². The molecule has 1 aromatic heterocycles. The van der Waals surface area contributed by atoms with Crippen molar-refractivity contribution >= 4 is 34.3 Å². The smallest absolute Gasteiger partial charge is 0.232 e. The number of carbonyl (C=O) groups is 3. The number of aromatic nitrogens is 2. The third-order valence-electron chi connectivity index (χ3n) is 6.08. The number of primary amides is 1. The number of benzene rings is 2. The molecule has 0 radical (unpaired) electrons. The molecule has 0 bridgehead atoms. The average Bonchev–Trinajstić information content (AvgIpc) is 3.42. The molecule has 0 aliphatic carbocycles. The van der Waals surface area contributed by atoms with Gasteiger partial charge in [-0.2, -0.15) is 5.10 Å². The molecule has 9 heteroatoms. The Bertz CT molecular complexity index is 1220. The zero-order valence-corrected chi connectivity index (χ0v) is 16.6. The number of hydrogen-bond acceptors (Lipinski definition) is 4. The first kappa shape index (κ1) is 19.2. The van der Waals surface area contributed by atoms with Crippen molar-refractivity contribution in [3.8, 4) is 5.69 Å². The molecule has 3 amide bonds. The lowest BCUT2D eigenvalue weighted by Crippen LogP contribution is -2.37. The van der Waals surface area contributed by atoms with E-state index in [4.69, 9.17) is 5.73 Å². The second-order valence-electron chi connectivity index (χ2n) is 7.97. The molecule has 2 atom stereocenters. The maximum absolute atomic E-state index is 14.3. The van der Waals surface area contributed by atoms with Crippen LogP contribution in [-0.2, 0) is 14.4 Å². The van der Waals surface area contributed by atoms with Crippen LogP contribution in [0.5, 0.6) is 0 Å². The fraction of sp³-hybridized carbons (Fsp3) is 0.273. The first-order valence-corrected chi connectivity index (χ1v) is 10.0. The van der Waals surface area contributed by atoms with Gasteiger partial charge in [0.15, 0.2) is 0 Å². The van der Waals surface area contributed by atoms with E-state index >= 15 is 0 Å². The summed E-state index contributed by atoms with van der Waals surface area (Å²) >= 11 is 0. The van der Waals surface area contributed by atoms with E-state index in [-0.39, 0.29) is 42.4 Å². The van der Waals surface area contributed by atoms with E-state index in [0.29, 0.717) is 24.3 Å². The van der Waals surface area contributed by atoms with Crippen molar-refractivity contribution in [3.63, 3.8) is 0 Å². The molecule has 3 heterocycles. The first-order chi connectivity index (χ1) is 14.9. The van der Waals surface area contributed by atoms with Gasteiger partial charge < -0.3 is 15.5 Å². The van der Waals surface area contributed by atoms with Gasteiger partial charge in [0.2, 0.25) is 17.7 Å². The van der Waals surface area contributed by atoms with Crippen LogP contribution in [0.3, 0.4) is 0 Å². The van der Waals surface area contributed by atoms with E-state index in [1.54, 1.807) is 34.2 Å². The SMILES string of the molecule is NC(=O)CC(=O)N1C[C@H]2CN(c3cccc4c3cnn4-c3ccccc3F)C(=O)[C@H]2C1. The Morgan fingerprint density at radius 1 is 1.06 bits per heavy atom. The normalized spacial score (nSPS) is 20.5. The summed E-state index contributed by atoms with van der Waals surface area (Å²) in [4.78, 5) is 39.6. The Kier molecular flexibility index (Phi) is 4.46. The zero-order chi connectivity index (χ0) is 21.7. The number of para-hydroxylation sites is 1. The minimum absolute atomic E-state index is 0.0128. The Morgan fingerprint density at radius 2 is 1.84 bits per heavy atom. The van der Waals surface area contributed by atoms with Crippen LogP contribution in [0.25, 0.3) is 16.6 Å². The standard InChI is InChI=1S/C22H20FN5O3/c23-16-4-1-2-5-19(16)28-18-7-3-6-17(14(18)9-25-28)27-11-13-10-26(12-15(13)22(27)31)21(30)8-20(24)29/h1-7,9,13,15H,8,10-12H2,(H2,24,29)/t13-,15-/m0/s1. The van der Waals surface area contributed by atoms with Crippen molar-refractivity contribution < 1.29 is 18.8 Å². The van der Waals surface area contributed by atoms with Crippen LogP contribution in [0.2, 0.25) is 0 Å². The monoisotopic (exact) mass is 421 g/mol. The number of fused-ring (bicyclic) bond motifs is 2. The van der Waals surface area contributed by atoms with Crippen LogP contribution in [-0.4, -0.2) is 52.0 Å². The molecule has 5 rings (SSSR count). The average molecular weight is 421 g/mol. The Balaban J connectivity index is 1.43. The summed E-state index contributed by atoms with van der Waals surface area (Å²) in [6, 6.07) is 11.9. The minimum atomic E-state index is -0.673. The molecule has 3 aromatic rings. The van der Waals surface area contributed by atoms with Gasteiger partial charge in [0.05, 0.1) is 23.3 Å². The number of amides is 3. The molecule has 2 saturated heterocycles. The van der Waals surface area contributed by atoms with E-state index in [2.05, 4.69) is 5.10 Å². The third kappa shape index (κ3) is 3.13. The van der Waals surface area contributed by atoms with Gasteiger partial charge in [0.1, 0.15) is 17.9 Å². The number of likely N-dealkylation sites (tertiary alicyclic amines) is 1. The second kappa shape index (κ2) is 7.19. The summed E-state index contributed by atoms with van der Waals surface area (Å²) in [5.74, 6) is -1.78. The zero-order valence-electron chi connectivity index (χ0n) is 16.6. The summed E-state index contributed by atoms with van der Waals surface area (Å²) in [5, 5.41) is 5.11. The quantitative estimate of drug-likeness (QED) is 0.645. The summed E-state index contributed by atoms with van der Waals surface area (Å²) in [5.41, 5.74) is 6.87. The number of nitrogens with two attached hydrogens (primary N) is 1. The molecule has 2 aliphatic rings. The highest BCUT2D eigenvalue weighted by Gasteiger charge is 2.48. The van der Waals surface area contributed by atoms with E-state index in [0.717, 1.165) is 11.1 Å². The largest absolute Gasteiger partial charge is 0.369 e. The molecule has 0 unspecified atom stereocenters. The van der Waals surface area contributed by atoms with E-state index in [1.807, 2.05) is 18.2 Å². The lowest BCUT2D eigenvalue weighted by atomic mass is 10.0. The lowest BCUT2D eigenvalue weighted by molar-refractivity contribution is -0.134. The van der Waals surface area contributed by atoms with Crippen molar-refractivity contribution in [1.82, 2.24) is 14.7 Å². The summed E-state index contributed by atoms with van der Waals surface area (Å²) < 4.78 is 15.8. The molecular weight excluding hydrogens is 401 g/mol. The molecule has 0 spiro atoms. The summed E-state index contributed by atoms with van der Waals surface area (Å²) in [6.45, 7) is 1.17. The van der Waals surface area contributed by atoms with Gasteiger partial charge in [0.25, 0.3) is 0 Å². The highest BCUT2D eigenvalue weighted by molar-refractivity contribution is 6.06. The van der Waals surface area contributed by atoms with Crippen molar-refractivity contribution in [3.05, 3.63) is 54.5 Å². The van der Waals surface area contributed by atoms with Gasteiger partial charge in [-0.15, -0.1) is 0 Å². The predicted molar refractivity (Wildman–Crippen MR) is 111 cm³/mol. The van der Waals surface area contributed by atoms with Gasteiger partial charge in [-0.3, -0.25) is 14.4 Å². The Hall–Kier alpha value is -3.75. The molecule has 2 aromatic carbocycles. The van der Waals surface area contributed by atoms with Gasteiger partial charge in [0, 0.05) is 30.9 Å². The molecule has 158 valence electrons. The molecule has 2 N–H and O–H groups in total. The van der Waals surface area contributed by atoms with Crippen molar-refractivity contribution in [2.75, 3.05) is 24.5 Å². The predicted octanol–water partition coefficient (Wildman–Crippen LogP) is 1.46. The van der Waals surface area contributed by atoms with Crippen LogP contribution >= 0.6 is 0 Å². The molecule has 8 nitrogen and oxygen atoms in total. The summed E-state index contributed by atoms with van der Waals surface area (Å²) in [6.07, 6.45) is 1.30. The van der Waals surface area contributed by atoms with Gasteiger partial charge in [-0.05, 0) is 24.3 Å². The fourth-order valence-electron chi connectivity index (χ4n) is 4.63. The van der Waals surface area contributed by atoms with Crippen LogP contribution < -0.4 is 10.6 Å². The van der Waals surface area contributed by atoms with Crippen LogP contribution in [0.15, 0.2) is 48.7 Å². The number of carbonyl (C=O) groups excluding carboxylic acids is 3. The highest BCUT2D eigenvalue weighted by atomic mass is 19.1. The molecular formula is C22H20FN5O3. The first-order valence-electron chi connectivity index (χ1n) is 10.0. The molecule has 2 fully saturated rings. The minimum Gasteiger partial charge on any atom is -0.369 e. The van der Waals surface area contributed by atoms with Gasteiger partial charge >= 0.3 is 0 Å². The highest BCUT2D eigenvalue weighted by Crippen LogP contribution is 2.38. The Morgan fingerprint density at radius 3 is 2.58 bits per heavy atom. The van der Waals surface area contributed by atoms with Crippen LogP contribution in [0.4, 0.5) is 10.1 Å². The van der Waals surface area contributed by atoms with Crippen LogP contribution in [0, 0.1) is 17.7 Å². The van der Waals surface area contributed by atoms with Gasteiger partial charge in [-0.25, -0.2) is 9.07 Å².